The third-order valence-electron chi connectivity index (χ3n) is 3.83. The summed E-state index contributed by atoms with van der Waals surface area (Å²) in [6.45, 7) is 12.1. The molecule has 0 aliphatic carbocycles. The van der Waals surface area contributed by atoms with Crippen molar-refractivity contribution in [3.8, 4) is 5.75 Å². The molecule has 0 amide bonds. The molecule has 0 radical (unpaired) electrons. The quantitative estimate of drug-likeness (QED) is 0.801. The molecule has 0 aliphatic rings. The number of aryl methyl sites for hydroxylation is 1. The standard InChI is InChI=1S/C17H29N3O4/c1-8-24-16(23)12-13(21)14(19(7)17(4,5)6)18-20(15(12)22)10-9-11(2)3/h11,21H,8-10H2,1-7H3. The van der Waals surface area contributed by atoms with E-state index in [0.717, 1.165) is 6.42 Å². The monoisotopic (exact) mass is 339 g/mol. The van der Waals surface area contributed by atoms with Crippen LogP contribution in [0.15, 0.2) is 4.79 Å². The van der Waals surface area contributed by atoms with Gasteiger partial charge >= 0.3 is 5.97 Å². The van der Waals surface area contributed by atoms with E-state index in [0.29, 0.717) is 12.5 Å². The molecule has 1 aromatic heterocycles. The van der Waals surface area contributed by atoms with Crippen LogP contribution >= 0.6 is 0 Å². The Hall–Kier alpha value is -2.05. The average molecular weight is 339 g/mol. The maximum atomic E-state index is 12.6. The van der Waals surface area contributed by atoms with Crippen LogP contribution in [0.1, 0.15) is 58.3 Å². The molecule has 1 heterocycles. The summed E-state index contributed by atoms with van der Waals surface area (Å²) in [7, 11) is 1.76. The lowest BCUT2D eigenvalue weighted by atomic mass is 10.1. The van der Waals surface area contributed by atoms with Gasteiger partial charge in [-0.25, -0.2) is 9.48 Å². The van der Waals surface area contributed by atoms with Crippen LogP contribution in [0.4, 0.5) is 5.82 Å². The zero-order valence-corrected chi connectivity index (χ0v) is 15.7. The minimum Gasteiger partial charge on any atom is -0.503 e. The third kappa shape index (κ3) is 4.49. The van der Waals surface area contributed by atoms with E-state index in [1.165, 1.54) is 4.68 Å². The maximum absolute atomic E-state index is 12.6. The highest BCUT2D eigenvalue weighted by Gasteiger charge is 2.29. The van der Waals surface area contributed by atoms with Crippen LogP contribution in [0.5, 0.6) is 5.75 Å². The molecule has 1 rings (SSSR count). The molecule has 136 valence electrons. The van der Waals surface area contributed by atoms with E-state index >= 15 is 0 Å². The molecule has 0 spiro atoms. The molecule has 0 atom stereocenters. The van der Waals surface area contributed by atoms with Gasteiger partial charge in [-0.1, -0.05) is 13.8 Å². The van der Waals surface area contributed by atoms with Crippen LogP contribution in [-0.4, -0.2) is 40.0 Å². The summed E-state index contributed by atoms with van der Waals surface area (Å²) < 4.78 is 6.17. The second-order valence-corrected chi connectivity index (χ2v) is 7.21. The van der Waals surface area contributed by atoms with Crippen molar-refractivity contribution in [2.24, 2.45) is 5.92 Å². The number of nitrogens with zero attached hydrogens (tertiary/aromatic N) is 3. The molecule has 0 saturated carbocycles. The number of ether oxygens (including phenoxy) is 1. The summed E-state index contributed by atoms with van der Waals surface area (Å²) in [6.07, 6.45) is 0.735. The molecule has 0 aromatic carbocycles. The number of rotatable bonds is 6. The van der Waals surface area contributed by atoms with Gasteiger partial charge in [0.15, 0.2) is 17.1 Å². The normalized spacial score (nSPS) is 11.7. The van der Waals surface area contributed by atoms with Crippen LogP contribution in [0, 0.1) is 5.92 Å². The van der Waals surface area contributed by atoms with Gasteiger partial charge in [0.1, 0.15) is 0 Å². The highest BCUT2D eigenvalue weighted by molar-refractivity contribution is 5.93. The zero-order valence-electron chi connectivity index (χ0n) is 15.7. The van der Waals surface area contributed by atoms with Crippen LogP contribution in [0.2, 0.25) is 0 Å². The van der Waals surface area contributed by atoms with Gasteiger partial charge in [0.05, 0.1) is 6.61 Å². The van der Waals surface area contributed by atoms with Crippen molar-refractivity contribution < 1.29 is 14.6 Å². The van der Waals surface area contributed by atoms with E-state index in [1.54, 1.807) is 18.9 Å². The molecule has 0 fully saturated rings. The SMILES string of the molecule is CCOC(=O)c1c(O)c(N(C)C(C)(C)C)nn(CCC(C)C)c1=O. The smallest absolute Gasteiger partial charge is 0.347 e. The fourth-order valence-corrected chi connectivity index (χ4v) is 2.01. The molecule has 0 saturated heterocycles. The van der Waals surface area contributed by atoms with Crippen LogP contribution < -0.4 is 10.5 Å². The van der Waals surface area contributed by atoms with Gasteiger partial charge in [0.25, 0.3) is 5.56 Å². The highest BCUT2D eigenvalue weighted by atomic mass is 16.5. The Kier molecular flexibility index (Phi) is 6.40. The number of anilines is 1. The number of aromatic nitrogens is 2. The van der Waals surface area contributed by atoms with E-state index < -0.39 is 17.3 Å². The lowest BCUT2D eigenvalue weighted by Crippen LogP contribution is -2.41. The van der Waals surface area contributed by atoms with Crippen molar-refractivity contribution in [3.05, 3.63) is 15.9 Å². The summed E-state index contributed by atoms with van der Waals surface area (Å²) in [5.41, 5.74) is -1.34. The maximum Gasteiger partial charge on any atom is 0.347 e. The molecular formula is C17H29N3O4. The van der Waals surface area contributed by atoms with Gasteiger partial charge in [0, 0.05) is 19.1 Å². The van der Waals surface area contributed by atoms with Crippen LogP contribution in [0.25, 0.3) is 0 Å². The summed E-state index contributed by atoms with van der Waals surface area (Å²) in [5.74, 6) is -0.697. The highest BCUT2D eigenvalue weighted by Crippen LogP contribution is 2.30. The topological polar surface area (TPSA) is 84.7 Å². The largest absolute Gasteiger partial charge is 0.503 e. The van der Waals surface area contributed by atoms with Crippen molar-refractivity contribution in [3.63, 3.8) is 0 Å². The number of hydrogen-bond donors (Lipinski definition) is 1. The summed E-state index contributed by atoms with van der Waals surface area (Å²) >= 11 is 0. The third-order valence-corrected chi connectivity index (χ3v) is 3.83. The molecule has 0 unspecified atom stereocenters. The Bertz CT molecular complexity index is 644. The fourth-order valence-electron chi connectivity index (χ4n) is 2.01. The summed E-state index contributed by atoms with van der Waals surface area (Å²) in [5, 5.41) is 14.8. The van der Waals surface area contributed by atoms with Gasteiger partial charge in [-0.2, -0.15) is 0 Å². The zero-order chi connectivity index (χ0) is 18.7. The predicted molar refractivity (Wildman–Crippen MR) is 93.7 cm³/mol. The Labute approximate surface area is 143 Å². The molecular weight excluding hydrogens is 310 g/mol. The molecule has 7 heteroatoms. The Morgan fingerprint density at radius 2 is 1.96 bits per heavy atom. The van der Waals surface area contributed by atoms with E-state index in [2.05, 4.69) is 5.10 Å². The van der Waals surface area contributed by atoms with E-state index in [9.17, 15) is 14.7 Å². The van der Waals surface area contributed by atoms with Crippen LogP contribution in [0.3, 0.4) is 0 Å². The average Bonchev–Trinajstić information content (AvgIpc) is 2.45. The first-order valence-corrected chi connectivity index (χ1v) is 8.25. The first-order valence-electron chi connectivity index (χ1n) is 8.25. The molecule has 0 bridgehead atoms. The van der Waals surface area contributed by atoms with Gasteiger partial charge < -0.3 is 14.7 Å². The first kappa shape index (κ1) is 20.0. The predicted octanol–water partition coefficient (Wildman–Crippen LogP) is 2.41. The van der Waals surface area contributed by atoms with Gasteiger partial charge in [-0.3, -0.25) is 4.79 Å². The number of hydrogen-bond acceptors (Lipinski definition) is 6. The van der Waals surface area contributed by atoms with Crippen molar-refractivity contribution in [1.29, 1.82) is 0 Å². The fraction of sp³-hybridized carbons (Fsp3) is 0.706. The van der Waals surface area contributed by atoms with E-state index in [1.807, 2.05) is 34.6 Å². The molecule has 7 nitrogen and oxygen atoms in total. The number of carbonyl (C=O) groups is 1. The minimum absolute atomic E-state index is 0.122. The van der Waals surface area contributed by atoms with Gasteiger partial charge in [-0.05, 0) is 40.0 Å². The second-order valence-electron chi connectivity index (χ2n) is 7.21. The number of esters is 1. The number of carbonyl (C=O) groups excluding carboxylic acids is 1. The van der Waals surface area contributed by atoms with E-state index in [-0.39, 0.29) is 23.5 Å². The summed E-state index contributed by atoms with van der Waals surface area (Å²) in [4.78, 5) is 26.5. The Morgan fingerprint density at radius 3 is 2.42 bits per heavy atom. The van der Waals surface area contributed by atoms with Gasteiger partial charge in [-0.15, -0.1) is 5.10 Å². The lowest BCUT2D eigenvalue weighted by molar-refractivity contribution is 0.0519. The van der Waals surface area contributed by atoms with Crippen molar-refractivity contribution in [1.82, 2.24) is 9.78 Å². The minimum atomic E-state index is -0.829. The van der Waals surface area contributed by atoms with Crippen molar-refractivity contribution in [2.45, 2.75) is 60.0 Å². The molecule has 1 N–H and O–H groups in total. The number of aromatic hydroxyl groups is 1. The molecule has 0 aliphatic heterocycles. The van der Waals surface area contributed by atoms with E-state index in [4.69, 9.17) is 4.74 Å². The van der Waals surface area contributed by atoms with Crippen molar-refractivity contribution >= 4 is 11.8 Å². The second kappa shape index (κ2) is 7.68. The lowest BCUT2D eigenvalue weighted by Gasteiger charge is -2.33. The Morgan fingerprint density at radius 1 is 1.38 bits per heavy atom. The summed E-state index contributed by atoms with van der Waals surface area (Å²) in [6, 6.07) is 0. The molecule has 1 aromatic rings. The van der Waals surface area contributed by atoms with Crippen molar-refractivity contribution in [2.75, 3.05) is 18.6 Å². The van der Waals surface area contributed by atoms with Gasteiger partial charge in [0.2, 0.25) is 0 Å². The molecule has 24 heavy (non-hydrogen) atoms. The Balaban J connectivity index is 3.54. The first-order chi connectivity index (χ1) is 11.0. The van der Waals surface area contributed by atoms with Crippen LogP contribution in [-0.2, 0) is 11.3 Å².